The Morgan fingerprint density at radius 1 is 1.37 bits per heavy atom. The maximum atomic E-state index is 11.5. The topological polar surface area (TPSA) is 69.0 Å². The first-order valence-corrected chi connectivity index (χ1v) is 6.44. The lowest BCUT2D eigenvalue weighted by Gasteiger charge is -2.05. The van der Waals surface area contributed by atoms with E-state index in [0.29, 0.717) is 10.3 Å². The van der Waals surface area contributed by atoms with Crippen molar-refractivity contribution in [1.82, 2.24) is 20.3 Å². The van der Waals surface area contributed by atoms with Crippen molar-refractivity contribution in [3.8, 4) is 0 Å². The number of ether oxygens (including phenoxy) is 1. The van der Waals surface area contributed by atoms with Crippen LogP contribution in [0.4, 0.5) is 4.79 Å². The number of nitrogens with one attached hydrogen (secondary N) is 1. The van der Waals surface area contributed by atoms with Crippen LogP contribution in [0.15, 0.2) is 34.9 Å². The maximum absolute atomic E-state index is 11.5. The summed E-state index contributed by atoms with van der Waals surface area (Å²) in [5.41, 5.74) is 1.59. The fourth-order valence-electron chi connectivity index (χ4n) is 1.46. The van der Waals surface area contributed by atoms with Crippen LogP contribution in [0, 0.1) is 0 Å². The lowest BCUT2D eigenvalue weighted by molar-refractivity contribution is 0.139. The number of aromatic nitrogens is 3. The lowest BCUT2D eigenvalue weighted by Crippen LogP contribution is -2.24. The number of alkyl carbamates (subject to hydrolysis) is 1. The van der Waals surface area contributed by atoms with E-state index < -0.39 is 6.09 Å². The summed E-state index contributed by atoms with van der Waals surface area (Å²) in [7, 11) is 1.71. The normalized spacial score (nSPS) is 10.2. The SMILES string of the molecule is Cn1nc(Br)c(CNC(=O)OCc2ccccc2)n1. The van der Waals surface area contributed by atoms with Gasteiger partial charge in [-0.15, -0.1) is 5.10 Å². The van der Waals surface area contributed by atoms with E-state index in [0.717, 1.165) is 5.56 Å². The summed E-state index contributed by atoms with van der Waals surface area (Å²) < 4.78 is 5.69. The fourth-order valence-corrected chi connectivity index (χ4v) is 1.91. The first-order chi connectivity index (χ1) is 9.15. The van der Waals surface area contributed by atoms with Crippen LogP contribution < -0.4 is 5.32 Å². The van der Waals surface area contributed by atoms with Gasteiger partial charge in [0, 0.05) is 7.05 Å². The molecule has 0 aliphatic heterocycles. The van der Waals surface area contributed by atoms with Crippen molar-refractivity contribution in [3.05, 3.63) is 46.2 Å². The lowest BCUT2D eigenvalue weighted by atomic mass is 10.2. The van der Waals surface area contributed by atoms with Gasteiger partial charge in [-0.25, -0.2) is 4.79 Å². The molecule has 0 spiro atoms. The number of rotatable bonds is 4. The number of benzene rings is 1. The highest BCUT2D eigenvalue weighted by molar-refractivity contribution is 9.10. The van der Waals surface area contributed by atoms with Gasteiger partial charge < -0.3 is 10.1 Å². The van der Waals surface area contributed by atoms with E-state index >= 15 is 0 Å². The number of carbonyl (C=O) groups excluding carboxylic acids is 1. The number of nitrogens with zero attached hydrogens (tertiary/aromatic N) is 3. The van der Waals surface area contributed by atoms with Gasteiger partial charge in [-0.05, 0) is 21.5 Å². The minimum Gasteiger partial charge on any atom is -0.445 e. The summed E-state index contributed by atoms with van der Waals surface area (Å²) in [5, 5.41) is 10.7. The Kier molecular flexibility index (Phi) is 4.51. The largest absolute Gasteiger partial charge is 0.445 e. The zero-order chi connectivity index (χ0) is 13.7. The van der Waals surface area contributed by atoms with Gasteiger partial charge in [0.25, 0.3) is 0 Å². The predicted molar refractivity (Wildman–Crippen MR) is 72.2 cm³/mol. The number of hydrogen-bond donors (Lipinski definition) is 1. The van der Waals surface area contributed by atoms with Crippen LogP contribution in [0.1, 0.15) is 11.3 Å². The number of carbonyl (C=O) groups is 1. The number of halogens is 1. The van der Waals surface area contributed by atoms with E-state index in [4.69, 9.17) is 4.74 Å². The smallest absolute Gasteiger partial charge is 0.407 e. The van der Waals surface area contributed by atoms with Crippen molar-refractivity contribution in [2.24, 2.45) is 7.05 Å². The molecule has 1 amide bonds. The van der Waals surface area contributed by atoms with Gasteiger partial charge in [0.05, 0.1) is 6.54 Å². The molecule has 1 heterocycles. The molecule has 0 radical (unpaired) electrons. The van der Waals surface area contributed by atoms with E-state index in [2.05, 4.69) is 31.4 Å². The Bertz CT molecular complexity index is 556. The molecule has 6 nitrogen and oxygen atoms in total. The molecule has 0 bridgehead atoms. The molecule has 1 N–H and O–H groups in total. The third kappa shape index (κ3) is 4.06. The van der Waals surface area contributed by atoms with Gasteiger partial charge in [0.15, 0.2) is 4.60 Å². The third-order valence-corrected chi connectivity index (χ3v) is 2.97. The zero-order valence-corrected chi connectivity index (χ0v) is 11.9. The Morgan fingerprint density at radius 3 is 2.74 bits per heavy atom. The highest BCUT2D eigenvalue weighted by Crippen LogP contribution is 2.09. The number of aryl methyl sites for hydroxylation is 1. The molecule has 1 aromatic heterocycles. The first kappa shape index (κ1) is 13.5. The standard InChI is InChI=1S/C12H13BrN4O2/c1-17-15-10(11(13)16-17)7-14-12(18)19-8-9-5-3-2-4-6-9/h2-6H,7-8H2,1H3,(H,14,18). The van der Waals surface area contributed by atoms with Gasteiger partial charge in [-0.1, -0.05) is 30.3 Å². The fraction of sp³-hybridized carbons (Fsp3) is 0.250. The second-order valence-electron chi connectivity index (χ2n) is 3.84. The molecule has 0 fully saturated rings. The summed E-state index contributed by atoms with van der Waals surface area (Å²) in [4.78, 5) is 12.9. The Balaban J connectivity index is 1.77. The molecule has 0 atom stereocenters. The second kappa shape index (κ2) is 6.33. The Morgan fingerprint density at radius 2 is 2.11 bits per heavy atom. The third-order valence-electron chi connectivity index (χ3n) is 2.35. The van der Waals surface area contributed by atoms with E-state index in [-0.39, 0.29) is 13.2 Å². The van der Waals surface area contributed by atoms with Crippen LogP contribution in [0.2, 0.25) is 0 Å². The minimum atomic E-state index is -0.485. The van der Waals surface area contributed by atoms with Crippen LogP contribution in [-0.4, -0.2) is 21.1 Å². The molecule has 2 rings (SSSR count). The Hall–Kier alpha value is -1.89. The second-order valence-corrected chi connectivity index (χ2v) is 4.59. The van der Waals surface area contributed by atoms with E-state index in [1.807, 2.05) is 30.3 Å². The van der Waals surface area contributed by atoms with Crippen molar-refractivity contribution >= 4 is 22.0 Å². The molecule has 0 saturated carbocycles. The van der Waals surface area contributed by atoms with Crippen molar-refractivity contribution in [2.45, 2.75) is 13.2 Å². The summed E-state index contributed by atoms with van der Waals surface area (Å²) in [6.07, 6.45) is -0.485. The van der Waals surface area contributed by atoms with Gasteiger partial charge in [0.2, 0.25) is 0 Å². The average Bonchev–Trinajstić information content (AvgIpc) is 2.73. The van der Waals surface area contributed by atoms with Crippen LogP contribution in [0.25, 0.3) is 0 Å². The molecule has 19 heavy (non-hydrogen) atoms. The van der Waals surface area contributed by atoms with E-state index in [1.54, 1.807) is 7.05 Å². The van der Waals surface area contributed by atoms with Crippen LogP contribution >= 0.6 is 15.9 Å². The molecule has 7 heteroatoms. The quantitative estimate of drug-likeness (QED) is 0.934. The van der Waals surface area contributed by atoms with Gasteiger partial charge in [-0.2, -0.15) is 9.90 Å². The molecular formula is C12H13BrN4O2. The summed E-state index contributed by atoms with van der Waals surface area (Å²) in [5.74, 6) is 0. The molecule has 100 valence electrons. The molecular weight excluding hydrogens is 312 g/mol. The monoisotopic (exact) mass is 324 g/mol. The Labute approximate surface area is 118 Å². The average molecular weight is 325 g/mol. The highest BCUT2D eigenvalue weighted by Gasteiger charge is 2.09. The number of amides is 1. The molecule has 0 aliphatic carbocycles. The van der Waals surface area contributed by atoms with Gasteiger partial charge in [-0.3, -0.25) is 0 Å². The zero-order valence-electron chi connectivity index (χ0n) is 10.3. The van der Waals surface area contributed by atoms with Crippen molar-refractivity contribution in [1.29, 1.82) is 0 Å². The minimum absolute atomic E-state index is 0.244. The van der Waals surface area contributed by atoms with Crippen molar-refractivity contribution in [3.63, 3.8) is 0 Å². The van der Waals surface area contributed by atoms with Gasteiger partial charge >= 0.3 is 6.09 Å². The summed E-state index contributed by atoms with van der Waals surface area (Å²) in [6.45, 7) is 0.510. The molecule has 0 unspecified atom stereocenters. The maximum Gasteiger partial charge on any atom is 0.407 e. The molecule has 2 aromatic rings. The van der Waals surface area contributed by atoms with Crippen molar-refractivity contribution in [2.75, 3.05) is 0 Å². The van der Waals surface area contributed by atoms with Crippen LogP contribution in [0.3, 0.4) is 0 Å². The summed E-state index contributed by atoms with van der Waals surface area (Å²) >= 11 is 3.26. The summed E-state index contributed by atoms with van der Waals surface area (Å²) in [6, 6.07) is 9.49. The molecule has 0 aliphatic rings. The molecule has 0 saturated heterocycles. The van der Waals surface area contributed by atoms with Crippen LogP contribution in [0.5, 0.6) is 0 Å². The van der Waals surface area contributed by atoms with E-state index in [1.165, 1.54) is 4.80 Å². The van der Waals surface area contributed by atoms with E-state index in [9.17, 15) is 4.79 Å². The first-order valence-electron chi connectivity index (χ1n) is 5.65. The highest BCUT2D eigenvalue weighted by atomic mass is 79.9. The van der Waals surface area contributed by atoms with Crippen LogP contribution in [-0.2, 0) is 24.9 Å². The predicted octanol–water partition coefficient (Wildman–Crippen LogP) is 2.00. The van der Waals surface area contributed by atoms with Crippen molar-refractivity contribution < 1.29 is 9.53 Å². The number of hydrogen-bond acceptors (Lipinski definition) is 4. The van der Waals surface area contributed by atoms with Gasteiger partial charge in [0.1, 0.15) is 12.3 Å². The molecule has 1 aromatic carbocycles.